The normalized spacial score (nSPS) is 27.8. The Balaban J connectivity index is 1.47. The molecule has 2 aliphatic heterocycles. The summed E-state index contributed by atoms with van der Waals surface area (Å²) in [6.07, 6.45) is 3.80. The van der Waals surface area contributed by atoms with Crippen LogP contribution in [0.3, 0.4) is 0 Å². The molecule has 0 unspecified atom stereocenters. The van der Waals surface area contributed by atoms with Gasteiger partial charge in [0.2, 0.25) is 0 Å². The molecule has 2 heterocycles. The second kappa shape index (κ2) is 14.3. The van der Waals surface area contributed by atoms with Gasteiger partial charge in [-0.15, -0.1) is 0 Å². The average molecular weight is 637 g/mol. The van der Waals surface area contributed by atoms with Crippen LogP contribution >= 0.6 is 0 Å². The molecule has 2 saturated heterocycles. The van der Waals surface area contributed by atoms with Crippen molar-refractivity contribution < 1.29 is 28.2 Å². The lowest BCUT2D eigenvalue weighted by Gasteiger charge is -2.59. The Kier molecular flexibility index (Phi) is 10.6. The topological polar surface area (TPSA) is 77.5 Å². The maximum Gasteiger partial charge on any atom is 0.410 e. The lowest BCUT2D eigenvalue weighted by Crippen LogP contribution is -2.68. The molecule has 0 aromatic heterocycles. The summed E-state index contributed by atoms with van der Waals surface area (Å²) in [6.45, 7) is 9.37. The maximum atomic E-state index is 13.4. The van der Waals surface area contributed by atoms with Crippen molar-refractivity contribution in [1.82, 2.24) is 9.80 Å². The number of carbonyl (C=O) groups excluding carboxylic acids is 2. The fourth-order valence-electron chi connectivity index (χ4n) is 8.34. The van der Waals surface area contributed by atoms with Crippen molar-refractivity contribution in [2.45, 2.75) is 114 Å². The molecular formula is C36H52N2O6Si. The molecule has 2 aromatic carbocycles. The molecule has 6 atom stereocenters. The number of carbonyl (C=O) groups is 2. The molecule has 2 bridgehead atoms. The largest absolute Gasteiger partial charge is 0.497 e. The minimum Gasteiger partial charge on any atom is -0.497 e. The third kappa shape index (κ3) is 7.10. The Morgan fingerprint density at radius 3 is 2.29 bits per heavy atom. The molecule has 45 heavy (non-hydrogen) atoms. The molecule has 246 valence electrons. The molecule has 1 spiro atoms. The van der Waals surface area contributed by atoms with Crippen LogP contribution in [-0.2, 0) is 31.7 Å². The summed E-state index contributed by atoms with van der Waals surface area (Å²) in [5.74, 6) is 0.719. The van der Waals surface area contributed by atoms with Gasteiger partial charge in [-0.25, -0.2) is 4.79 Å². The Hall–Kier alpha value is -2.88. The monoisotopic (exact) mass is 636 g/mol. The first kappa shape index (κ1) is 33.5. The number of ether oxygens (including phenoxy) is 3. The number of benzene rings is 2. The number of rotatable bonds is 12. The van der Waals surface area contributed by atoms with E-state index in [1.165, 1.54) is 12.5 Å². The van der Waals surface area contributed by atoms with Crippen LogP contribution in [0, 0.1) is 5.92 Å². The van der Waals surface area contributed by atoms with E-state index in [0.717, 1.165) is 68.1 Å². The Morgan fingerprint density at radius 2 is 1.67 bits per heavy atom. The second-order valence-corrected chi connectivity index (χ2v) is 18.1. The number of nitrogens with zero attached hydrogens (tertiary/aromatic N) is 2. The number of methoxy groups -OCH3 is 1. The number of esters is 1. The lowest BCUT2D eigenvalue weighted by molar-refractivity contribution is -0.174. The summed E-state index contributed by atoms with van der Waals surface area (Å²) in [5, 5.41) is 0. The highest BCUT2D eigenvalue weighted by molar-refractivity contribution is 6.73. The number of piperidine rings is 1. The van der Waals surface area contributed by atoms with Gasteiger partial charge in [0.25, 0.3) is 0 Å². The van der Waals surface area contributed by atoms with Crippen LogP contribution in [0.1, 0.15) is 64.5 Å². The van der Waals surface area contributed by atoms with Crippen molar-refractivity contribution >= 4 is 20.4 Å². The van der Waals surface area contributed by atoms with Gasteiger partial charge in [0.15, 0.2) is 8.32 Å². The Bertz CT molecular complexity index is 1280. The van der Waals surface area contributed by atoms with E-state index in [0.29, 0.717) is 0 Å². The van der Waals surface area contributed by atoms with Crippen LogP contribution in [0.2, 0.25) is 18.1 Å². The van der Waals surface area contributed by atoms with E-state index in [2.05, 4.69) is 37.8 Å². The number of hydrogen-bond acceptors (Lipinski definition) is 7. The highest BCUT2D eigenvalue weighted by Crippen LogP contribution is 2.54. The number of likely N-dealkylation sites (N-methyl/N-ethyl adjacent to an activating group) is 1. The molecule has 5 rings (SSSR count). The van der Waals surface area contributed by atoms with Gasteiger partial charge in [-0.2, -0.15) is 0 Å². The maximum absolute atomic E-state index is 13.4. The van der Waals surface area contributed by atoms with Gasteiger partial charge in [-0.05, 0) is 73.5 Å². The van der Waals surface area contributed by atoms with Gasteiger partial charge in [0.1, 0.15) is 18.5 Å². The van der Waals surface area contributed by atoms with E-state index >= 15 is 0 Å². The zero-order chi connectivity index (χ0) is 32.2. The van der Waals surface area contributed by atoms with E-state index in [9.17, 15) is 9.59 Å². The number of fused-ring (bicyclic) bond motifs is 1. The van der Waals surface area contributed by atoms with Crippen molar-refractivity contribution in [1.29, 1.82) is 0 Å². The van der Waals surface area contributed by atoms with E-state index in [4.69, 9.17) is 18.6 Å². The fraction of sp³-hybridized carbons (Fsp3) is 0.611. The summed E-state index contributed by atoms with van der Waals surface area (Å²) in [7, 11) is 1.55. The molecule has 1 saturated carbocycles. The molecule has 1 aliphatic carbocycles. The van der Waals surface area contributed by atoms with E-state index in [1.54, 1.807) is 7.11 Å². The van der Waals surface area contributed by atoms with E-state index in [1.807, 2.05) is 54.4 Å². The van der Waals surface area contributed by atoms with Crippen LogP contribution in [0.25, 0.3) is 0 Å². The van der Waals surface area contributed by atoms with Gasteiger partial charge in [0, 0.05) is 44.1 Å². The van der Waals surface area contributed by atoms with Crippen LogP contribution in [-0.4, -0.2) is 80.7 Å². The number of hydrogen-bond donors (Lipinski definition) is 0. The SMILES string of the molecule is CC[Si](CC)(CC)O[C@H]1[C@H]2C[C@@]3(CC[C@@H]2OC(C)=O)C[C@H](N(C)C(=O)OCc2ccccc2)CN3[C@H]1Cc1ccc(OC)cc1. The van der Waals surface area contributed by atoms with Crippen LogP contribution in [0.4, 0.5) is 4.79 Å². The zero-order valence-electron chi connectivity index (χ0n) is 28.0. The summed E-state index contributed by atoms with van der Waals surface area (Å²) in [4.78, 5) is 30.2. The molecule has 9 heteroatoms. The molecule has 3 aliphatic rings. The summed E-state index contributed by atoms with van der Waals surface area (Å²) in [5.41, 5.74) is 2.11. The Labute approximate surface area is 270 Å². The minimum absolute atomic E-state index is 0.0156. The second-order valence-electron chi connectivity index (χ2n) is 13.4. The van der Waals surface area contributed by atoms with Crippen LogP contribution in [0.5, 0.6) is 5.75 Å². The van der Waals surface area contributed by atoms with Gasteiger partial charge < -0.3 is 23.5 Å². The number of amides is 1. The summed E-state index contributed by atoms with van der Waals surface area (Å²) >= 11 is 0. The van der Waals surface area contributed by atoms with Gasteiger partial charge >= 0.3 is 12.1 Å². The highest BCUT2D eigenvalue weighted by atomic mass is 28.4. The molecule has 1 amide bonds. The first-order valence-electron chi connectivity index (χ1n) is 16.8. The van der Waals surface area contributed by atoms with Crippen molar-refractivity contribution in [3.63, 3.8) is 0 Å². The molecule has 3 fully saturated rings. The highest BCUT2D eigenvalue weighted by Gasteiger charge is 2.62. The lowest BCUT2D eigenvalue weighted by atomic mass is 9.65. The quantitative estimate of drug-likeness (QED) is 0.187. The minimum atomic E-state index is -2.02. The van der Waals surface area contributed by atoms with Gasteiger partial charge in [0.05, 0.1) is 13.2 Å². The third-order valence-electron chi connectivity index (χ3n) is 11.1. The van der Waals surface area contributed by atoms with E-state index in [-0.39, 0.29) is 54.4 Å². The Morgan fingerprint density at radius 1 is 0.978 bits per heavy atom. The predicted molar refractivity (Wildman–Crippen MR) is 178 cm³/mol. The zero-order valence-corrected chi connectivity index (χ0v) is 29.0. The first-order valence-corrected chi connectivity index (χ1v) is 19.4. The van der Waals surface area contributed by atoms with Crippen LogP contribution < -0.4 is 4.74 Å². The molecule has 0 N–H and O–H groups in total. The predicted octanol–water partition coefficient (Wildman–Crippen LogP) is 6.82. The fourth-order valence-corrected chi connectivity index (χ4v) is 11.2. The van der Waals surface area contributed by atoms with E-state index < -0.39 is 8.32 Å². The van der Waals surface area contributed by atoms with Crippen molar-refractivity contribution in [3.05, 3.63) is 65.7 Å². The average Bonchev–Trinajstić information content (AvgIpc) is 3.43. The van der Waals surface area contributed by atoms with Crippen molar-refractivity contribution in [2.24, 2.45) is 5.92 Å². The smallest absolute Gasteiger partial charge is 0.410 e. The van der Waals surface area contributed by atoms with Crippen molar-refractivity contribution in [2.75, 3.05) is 20.7 Å². The summed E-state index contributed by atoms with van der Waals surface area (Å²) < 4.78 is 24.8. The van der Waals surface area contributed by atoms with Gasteiger partial charge in [-0.1, -0.05) is 63.2 Å². The first-order chi connectivity index (χ1) is 21.7. The van der Waals surface area contributed by atoms with Crippen LogP contribution in [0.15, 0.2) is 54.6 Å². The molecular weight excluding hydrogens is 584 g/mol. The van der Waals surface area contributed by atoms with Gasteiger partial charge in [-0.3, -0.25) is 9.69 Å². The molecule has 8 nitrogen and oxygen atoms in total. The standard InChI is InChI=1S/C36H52N2O6Si/c1-7-45(8-2,9-3)44-34-31-23-36(20-19-33(31)43-26(4)39)22-29(37(5)35(40)42-25-28-13-11-10-12-14-28)24-38(36)32(34)21-27-15-17-30(41-6)18-16-27/h10-18,29,31-34H,7-9,19-25H2,1-6H3/t29-,31-,32-,33-,34-,36+/m0/s1. The van der Waals surface area contributed by atoms with Crippen molar-refractivity contribution in [3.8, 4) is 5.75 Å². The molecule has 0 radical (unpaired) electrons. The molecule has 2 aromatic rings. The third-order valence-corrected chi connectivity index (χ3v) is 15.7. The summed E-state index contributed by atoms with van der Waals surface area (Å²) in [6, 6.07) is 21.5.